The van der Waals surface area contributed by atoms with E-state index in [0.717, 1.165) is 46.2 Å². The summed E-state index contributed by atoms with van der Waals surface area (Å²) in [6.45, 7) is 0. The SMILES string of the molecule is c1ccc2c(c1)cc(-c1ccc(N(c3ccc4oc5ccccc5c4c3)c3cc4c(c5ccccc35)CCCC4)cc1)c1ccccc12. The molecule has 8 aromatic carbocycles. The molecule has 2 nitrogen and oxygen atoms in total. The zero-order chi connectivity index (χ0) is 31.6. The maximum Gasteiger partial charge on any atom is 0.135 e. The Morgan fingerprint density at radius 3 is 1.94 bits per heavy atom. The molecule has 0 unspecified atom stereocenters. The number of aryl methyl sites for hydroxylation is 2. The molecule has 0 spiro atoms. The van der Waals surface area contributed by atoms with Gasteiger partial charge in [0.1, 0.15) is 11.2 Å². The van der Waals surface area contributed by atoms with Crippen molar-refractivity contribution in [2.45, 2.75) is 25.7 Å². The van der Waals surface area contributed by atoms with Crippen molar-refractivity contribution in [2.75, 3.05) is 4.90 Å². The van der Waals surface area contributed by atoms with Gasteiger partial charge in [0.15, 0.2) is 0 Å². The molecule has 0 N–H and O–H groups in total. The topological polar surface area (TPSA) is 16.4 Å². The molecular weight excluding hydrogens is 583 g/mol. The van der Waals surface area contributed by atoms with Crippen molar-refractivity contribution in [2.24, 2.45) is 0 Å². The monoisotopic (exact) mass is 615 g/mol. The number of fused-ring (bicyclic) bond motifs is 9. The van der Waals surface area contributed by atoms with Gasteiger partial charge in [0.2, 0.25) is 0 Å². The average Bonchev–Trinajstić information content (AvgIpc) is 3.53. The summed E-state index contributed by atoms with van der Waals surface area (Å²) in [7, 11) is 0. The summed E-state index contributed by atoms with van der Waals surface area (Å²) in [5.41, 5.74) is 10.8. The summed E-state index contributed by atoms with van der Waals surface area (Å²) >= 11 is 0. The van der Waals surface area contributed by atoms with Crippen LogP contribution in [0.5, 0.6) is 0 Å². The molecule has 0 bridgehead atoms. The Bertz CT molecular complexity index is 2680. The molecule has 0 saturated heterocycles. The van der Waals surface area contributed by atoms with Crippen molar-refractivity contribution in [3.8, 4) is 11.1 Å². The van der Waals surface area contributed by atoms with E-state index in [1.807, 2.05) is 6.07 Å². The first-order valence-corrected chi connectivity index (χ1v) is 17.1. The molecule has 228 valence electrons. The first-order chi connectivity index (χ1) is 23.8. The number of hydrogen-bond donors (Lipinski definition) is 0. The number of rotatable bonds is 4. The normalized spacial score (nSPS) is 13.1. The van der Waals surface area contributed by atoms with Crippen molar-refractivity contribution in [3.05, 3.63) is 163 Å². The molecule has 0 atom stereocenters. The van der Waals surface area contributed by atoms with Crippen LogP contribution >= 0.6 is 0 Å². The molecule has 10 rings (SSSR count). The molecule has 1 aliphatic carbocycles. The van der Waals surface area contributed by atoms with E-state index >= 15 is 0 Å². The van der Waals surface area contributed by atoms with Crippen LogP contribution < -0.4 is 4.90 Å². The van der Waals surface area contributed by atoms with Crippen molar-refractivity contribution in [1.29, 1.82) is 0 Å². The minimum absolute atomic E-state index is 0.911. The summed E-state index contributed by atoms with van der Waals surface area (Å²) in [4.78, 5) is 2.46. The standard InChI is InChI=1S/C46H33NO/c1-3-13-35-31(11-1)27-42(39-17-6-5-15-37(35)39)30-21-23-33(24-22-30)47(34-25-26-46-43(29-34)41-19-9-10-20-45(41)48-46)44-28-32-12-2-4-14-36(32)38-16-7-8-18-40(38)44/h1,3,5-11,13,15-29H,2,4,12,14H2. The van der Waals surface area contributed by atoms with Crippen LogP contribution in [0.15, 0.2) is 156 Å². The van der Waals surface area contributed by atoms with E-state index in [-0.39, 0.29) is 0 Å². The molecular formula is C46H33NO. The number of hydrogen-bond acceptors (Lipinski definition) is 2. The first kappa shape index (κ1) is 27.3. The zero-order valence-corrected chi connectivity index (χ0v) is 26.6. The highest BCUT2D eigenvalue weighted by molar-refractivity contribution is 6.14. The van der Waals surface area contributed by atoms with Crippen LogP contribution in [0.3, 0.4) is 0 Å². The summed E-state index contributed by atoms with van der Waals surface area (Å²) in [5, 5.41) is 10.1. The fourth-order valence-electron chi connectivity index (χ4n) is 8.16. The van der Waals surface area contributed by atoms with Crippen molar-refractivity contribution < 1.29 is 4.42 Å². The van der Waals surface area contributed by atoms with Crippen LogP contribution in [0.2, 0.25) is 0 Å². The molecule has 2 heteroatoms. The zero-order valence-electron chi connectivity index (χ0n) is 26.6. The fraction of sp³-hybridized carbons (Fsp3) is 0.0870. The van der Waals surface area contributed by atoms with Gasteiger partial charge in [-0.3, -0.25) is 0 Å². The minimum atomic E-state index is 0.911. The van der Waals surface area contributed by atoms with Gasteiger partial charge in [-0.1, -0.05) is 103 Å². The van der Waals surface area contributed by atoms with E-state index in [9.17, 15) is 0 Å². The van der Waals surface area contributed by atoms with E-state index in [2.05, 4.69) is 150 Å². The maximum absolute atomic E-state index is 6.26. The van der Waals surface area contributed by atoms with Gasteiger partial charge >= 0.3 is 0 Å². The van der Waals surface area contributed by atoms with Crippen LogP contribution in [0.25, 0.3) is 65.4 Å². The number of furan rings is 1. The number of para-hydroxylation sites is 1. The third-order valence-electron chi connectivity index (χ3n) is 10.4. The molecule has 0 radical (unpaired) electrons. The second kappa shape index (κ2) is 10.9. The predicted molar refractivity (Wildman–Crippen MR) is 203 cm³/mol. The van der Waals surface area contributed by atoms with Gasteiger partial charge in [-0.2, -0.15) is 0 Å². The van der Waals surface area contributed by atoms with Crippen LogP contribution in [0.1, 0.15) is 24.0 Å². The lowest BCUT2D eigenvalue weighted by atomic mass is 9.86. The fourth-order valence-corrected chi connectivity index (χ4v) is 8.16. The van der Waals surface area contributed by atoms with Crippen molar-refractivity contribution in [3.63, 3.8) is 0 Å². The van der Waals surface area contributed by atoms with E-state index < -0.39 is 0 Å². The first-order valence-electron chi connectivity index (χ1n) is 17.1. The molecule has 0 aliphatic heterocycles. The Labute approximate surface area is 279 Å². The summed E-state index contributed by atoms with van der Waals surface area (Å²) < 4.78 is 6.26. The average molecular weight is 616 g/mol. The summed E-state index contributed by atoms with van der Waals surface area (Å²) in [6, 6.07) is 55.5. The van der Waals surface area contributed by atoms with Crippen molar-refractivity contribution >= 4 is 71.3 Å². The van der Waals surface area contributed by atoms with E-state index in [0.29, 0.717) is 0 Å². The van der Waals surface area contributed by atoms with Gasteiger partial charge in [-0.05, 0) is 123 Å². The lowest BCUT2D eigenvalue weighted by Crippen LogP contribution is -2.13. The number of anilines is 3. The van der Waals surface area contributed by atoms with E-state index in [4.69, 9.17) is 4.42 Å². The predicted octanol–water partition coefficient (Wildman–Crippen LogP) is 13.1. The summed E-state index contributed by atoms with van der Waals surface area (Å²) in [6.07, 6.45) is 4.78. The Balaban J connectivity index is 1.19. The highest BCUT2D eigenvalue weighted by Gasteiger charge is 2.22. The van der Waals surface area contributed by atoms with Crippen LogP contribution in [-0.4, -0.2) is 0 Å². The molecule has 1 aromatic heterocycles. The van der Waals surface area contributed by atoms with E-state index in [1.165, 1.54) is 73.1 Å². The third-order valence-corrected chi connectivity index (χ3v) is 10.4. The number of benzene rings is 8. The Morgan fingerprint density at radius 2 is 1.08 bits per heavy atom. The highest BCUT2D eigenvalue weighted by Crippen LogP contribution is 2.45. The molecule has 0 fully saturated rings. The Kier molecular flexibility index (Phi) is 6.17. The third kappa shape index (κ3) is 4.26. The highest BCUT2D eigenvalue weighted by atomic mass is 16.3. The lowest BCUT2D eigenvalue weighted by molar-refractivity contribution is 0.669. The maximum atomic E-state index is 6.26. The van der Waals surface area contributed by atoms with Crippen LogP contribution in [-0.2, 0) is 12.8 Å². The second-order valence-corrected chi connectivity index (χ2v) is 13.1. The molecule has 0 saturated carbocycles. The van der Waals surface area contributed by atoms with Crippen molar-refractivity contribution in [1.82, 2.24) is 0 Å². The number of nitrogens with zero attached hydrogens (tertiary/aromatic N) is 1. The van der Waals surface area contributed by atoms with Gasteiger partial charge < -0.3 is 9.32 Å². The second-order valence-electron chi connectivity index (χ2n) is 13.1. The van der Waals surface area contributed by atoms with Gasteiger partial charge in [-0.15, -0.1) is 0 Å². The van der Waals surface area contributed by atoms with Gasteiger partial charge in [0.25, 0.3) is 0 Å². The smallest absolute Gasteiger partial charge is 0.135 e. The minimum Gasteiger partial charge on any atom is -0.456 e. The largest absolute Gasteiger partial charge is 0.456 e. The quantitative estimate of drug-likeness (QED) is 0.183. The molecule has 1 aliphatic rings. The molecule has 1 heterocycles. The van der Waals surface area contributed by atoms with Crippen LogP contribution in [0.4, 0.5) is 17.1 Å². The molecule has 48 heavy (non-hydrogen) atoms. The summed E-state index contributed by atoms with van der Waals surface area (Å²) in [5.74, 6) is 0. The van der Waals surface area contributed by atoms with Gasteiger partial charge in [0.05, 0.1) is 5.69 Å². The van der Waals surface area contributed by atoms with E-state index in [1.54, 1.807) is 0 Å². The van der Waals surface area contributed by atoms with Gasteiger partial charge in [-0.25, -0.2) is 0 Å². The molecule has 0 amide bonds. The Morgan fingerprint density at radius 1 is 0.438 bits per heavy atom. The van der Waals surface area contributed by atoms with Crippen LogP contribution in [0, 0.1) is 0 Å². The lowest BCUT2D eigenvalue weighted by Gasteiger charge is -2.30. The Hall–Kier alpha value is -5.86. The van der Waals surface area contributed by atoms with Gasteiger partial charge in [0, 0.05) is 27.5 Å². The molecule has 9 aromatic rings.